The topological polar surface area (TPSA) is 43.4 Å². The fourth-order valence-electron chi connectivity index (χ4n) is 7.30. The van der Waals surface area contributed by atoms with Crippen LogP contribution in [-0.2, 0) is 14.3 Å². The van der Waals surface area contributed by atoms with Crippen LogP contribution in [0.25, 0.3) is 0 Å². The summed E-state index contributed by atoms with van der Waals surface area (Å²) in [6.07, 6.45) is 39.9. The highest BCUT2D eigenvalue weighted by atomic mass is 16.5. The molecule has 0 aromatic carbocycles. The van der Waals surface area contributed by atoms with Gasteiger partial charge in [-0.25, -0.2) is 0 Å². The minimum atomic E-state index is -0.233. The lowest BCUT2D eigenvalue weighted by molar-refractivity contribution is -0.155. The number of unbranched alkanes of at least 4 members (excludes halogenated alkanes) is 24. The number of ether oxygens (including phenoxy) is 1. The highest BCUT2D eigenvalue weighted by molar-refractivity contribution is 5.84. The van der Waals surface area contributed by atoms with Gasteiger partial charge in [-0.2, -0.15) is 0 Å². The zero-order valence-electron chi connectivity index (χ0n) is 33.0. The van der Waals surface area contributed by atoms with Gasteiger partial charge in [0.2, 0.25) is 0 Å². The molecule has 0 rings (SSSR count). The van der Waals surface area contributed by atoms with Crippen LogP contribution in [0.5, 0.6) is 0 Å². The first-order chi connectivity index (χ1) is 23.0. The first kappa shape index (κ1) is 46.1. The second-order valence-electron chi connectivity index (χ2n) is 15.1. The predicted octanol–water partition coefficient (Wildman–Crippen LogP) is 15.1. The third-order valence-electron chi connectivity index (χ3n) is 10.5. The fourth-order valence-corrected chi connectivity index (χ4v) is 7.30. The Balaban J connectivity index is 5.50. The molecule has 3 atom stereocenters. The maximum absolute atomic E-state index is 14.5. The van der Waals surface area contributed by atoms with E-state index in [4.69, 9.17) is 4.74 Å². The van der Waals surface area contributed by atoms with Crippen molar-refractivity contribution >= 4 is 11.8 Å². The van der Waals surface area contributed by atoms with Crippen LogP contribution < -0.4 is 0 Å². The quantitative estimate of drug-likeness (QED) is 0.0488. The Morgan fingerprint density at radius 2 is 0.702 bits per heavy atom. The number of carbonyl (C=O) groups excluding carboxylic acids is 2. The first-order valence-corrected chi connectivity index (χ1v) is 21.8. The van der Waals surface area contributed by atoms with Crippen LogP contribution in [-0.4, -0.2) is 17.9 Å². The molecule has 0 aliphatic rings. The van der Waals surface area contributed by atoms with Crippen LogP contribution in [0.3, 0.4) is 0 Å². The van der Waals surface area contributed by atoms with Gasteiger partial charge in [0, 0.05) is 12.3 Å². The summed E-state index contributed by atoms with van der Waals surface area (Å²) in [6, 6.07) is 0. The molecule has 3 nitrogen and oxygen atoms in total. The third kappa shape index (κ3) is 28.7. The van der Waals surface area contributed by atoms with Crippen LogP contribution in [0.1, 0.15) is 253 Å². The normalized spacial score (nSPS) is 13.5. The average molecular weight is 663 g/mol. The van der Waals surface area contributed by atoms with E-state index >= 15 is 0 Å². The smallest absolute Gasteiger partial charge is 0.306 e. The number of ketones is 1. The summed E-state index contributed by atoms with van der Waals surface area (Å²) in [6.45, 7) is 11.3. The molecular weight excluding hydrogens is 576 g/mol. The Labute approximate surface area is 296 Å². The summed E-state index contributed by atoms with van der Waals surface area (Å²) >= 11 is 0. The predicted molar refractivity (Wildman–Crippen MR) is 207 cm³/mol. The van der Waals surface area contributed by atoms with E-state index in [-0.39, 0.29) is 23.9 Å². The maximum Gasteiger partial charge on any atom is 0.306 e. The molecule has 0 radical (unpaired) electrons. The lowest BCUT2D eigenvalue weighted by atomic mass is 9.79. The standard InChI is InChI=1S/C44H86O3/c1-6-11-16-20-23-24-26-29-34-39-43(45)47-42(38-33-28-25-21-17-12-7-2)41(37-30-15-10-5)44(46)40(35-31-19-14-9-4)36-32-27-22-18-13-8-3/h40-42H,6-39H2,1-5H3. The van der Waals surface area contributed by atoms with Crippen molar-refractivity contribution in [2.24, 2.45) is 11.8 Å². The zero-order valence-corrected chi connectivity index (χ0v) is 33.0. The van der Waals surface area contributed by atoms with E-state index in [2.05, 4.69) is 34.6 Å². The van der Waals surface area contributed by atoms with Crippen LogP contribution in [0.2, 0.25) is 0 Å². The fraction of sp³-hybridized carbons (Fsp3) is 0.955. The van der Waals surface area contributed by atoms with Gasteiger partial charge >= 0.3 is 5.97 Å². The number of carbonyl (C=O) groups is 2. The van der Waals surface area contributed by atoms with Crippen molar-refractivity contribution in [1.82, 2.24) is 0 Å². The van der Waals surface area contributed by atoms with Crippen molar-refractivity contribution in [1.29, 1.82) is 0 Å². The molecule has 0 N–H and O–H groups in total. The van der Waals surface area contributed by atoms with Gasteiger partial charge in [-0.05, 0) is 38.5 Å². The molecule has 0 heterocycles. The molecule has 0 saturated heterocycles. The van der Waals surface area contributed by atoms with Crippen molar-refractivity contribution in [3.63, 3.8) is 0 Å². The summed E-state index contributed by atoms with van der Waals surface area (Å²) in [5.74, 6) is 0.404. The molecule has 3 heteroatoms. The largest absolute Gasteiger partial charge is 0.462 e. The number of esters is 1. The van der Waals surface area contributed by atoms with E-state index in [0.29, 0.717) is 12.2 Å². The number of rotatable bonds is 38. The highest BCUT2D eigenvalue weighted by Crippen LogP contribution is 2.31. The molecule has 0 amide bonds. The van der Waals surface area contributed by atoms with Crippen LogP contribution in [0.15, 0.2) is 0 Å². The summed E-state index contributed by atoms with van der Waals surface area (Å²) < 4.78 is 6.38. The molecule has 280 valence electrons. The van der Waals surface area contributed by atoms with Crippen LogP contribution in [0, 0.1) is 11.8 Å². The zero-order chi connectivity index (χ0) is 34.6. The van der Waals surface area contributed by atoms with E-state index < -0.39 is 0 Å². The van der Waals surface area contributed by atoms with E-state index in [9.17, 15) is 9.59 Å². The summed E-state index contributed by atoms with van der Waals surface area (Å²) in [4.78, 5) is 27.8. The van der Waals surface area contributed by atoms with E-state index in [1.165, 1.54) is 135 Å². The van der Waals surface area contributed by atoms with E-state index in [1.807, 2.05) is 0 Å². The number of hydrogen-bond donors (Lipinski definition) is 0. The van der Waals surface area contributed by atoms with Crippen molar-refractivity contribution in [2.75, 3.05) is 0 Å². The average Bonchev–Trinajstić information content (AvgIpc) is 3.07. The molecule has 3 unspecified atom stereocenters. The lowest BCUT2D eigenvalue weighted by Crippen LogP contribution is -2.36. The Hall–Kier alpha value is -0.860. The van der Waals surface area contributed by atoms with Gasteiger partial charge in [-0.3, -0.25) is 9.59 Å². The van der Waals surface area contributed by atoms with Gasteiger partial charge in [0.05, 0.1) is 5.92 Å². The highest BCUT2D eigenvalue weighted by Gasteiger charge is 2.34. The summed E-state index contributed by atoms with van der Waals surface area (Å²) in [5, 5.41) is 0. The van der Waals surface area contributed by atoms with Gasteiger partial charge in [0.25, 0.3) is 0 Å². The van der Waals surface area contributed by atoms with Gasteiger partial charge < -0.3 is 4.74 Å². The molecule has 0 spiro atoms. The van der Waals surface area contributed by atoms with Gasteiger partial charge in [0.1, 0.15) is 11.9 Å². The Morgan fingerprint density at radius 1 is 0.383 bits per heavy atom. The molecule has 47 heavy (non-hydrogen) atoms. The maximum atomic E-state index is 14.5. The first-order valence-electron chi connectivity index (χ1n) is 21.8. The molecule has 0 aromatic rings. The van der Waals surface area contributed by atoms with Crippen LogP contribution >= 0.6 is 0 Å². The van der Waals surface area contributed by atoms with Crippen molar-refractivity contribution in [3.05, 3.63) is 0 Å². The van der Waals surface area contributed by atoms with Crippen molar-refractivity contribution in [2.45, 2.75) is 259 Å². The van der Waals surface area contributed by atoms with E-state index in [0.717, 1.165) is 77.0 Å². The second-order valence-corrected chi connectivity index (χ2v) is 15.1. The SMILES string of the molecule is CCCCCCCCCCCC(=O)OC(CCCCCCCCC)C(CCCCC)C(=O)C(CCCCCC)CCCCCCCC. The van der Waals surface area contributed by atoms with Crippen LogP contribution in [0.4, 0.5) is 0 Å². The number of Topliss-reactive ketones (excluding diaryl/α,β-unsaturated/α-hetero) is 1. The van der Waals surface area contributed by atoms with Gasteiger partial charge in [0.15, 0.2) is 0 Å². The third-order valence-corrected chi connectivity index (χ3v) is 10.5. The minimum Gasteiger partial charge on any atom is -0.462 e. The van der Waals surface area contributed by atoms with Crippen molar-refractivity contribution in [3.8, 4) is 0 Å². The molecule has 0 saturated carbocycles. The Kier molecular flexibility index (Phi) is 35.8. The molecule has 0 aliphatic heterocycles. The second kappa shape index (κ2) is 36.4. The molecule has 0 fully saturated rings. The van der Waals surface area contributed by atoms with Gasteiger partial charge in [-0.15, -0.1) is 0 Å². The Bertz CT molecular complexity index is 659. The molecule has 0 aromatic heterocycles. The van der Waals surface area contributed by atoms with Gasteiger partial charge in [-0.1, -0.05) is 208 Å². The number of hydrogen-bond acceptors (Lipinski definition) is 3. The molecular formula is C44H86O3. The lowest BCUT2D eigenvalue weighted by Gasteiger charge is -2.30. The summed E-state index contributed by atoms with van der Waals surface area (Å²) in [7, 11) is 0. The molecule has 0 aliphatic carbocycles. The monoisotopic (exact) mass is 663 g/mol. The minimum absolute atomic E-state index is 0.0513. The Morgan fingerprint density at radius 3 is 1.15 bits per heavy atom. The molecule has 0 bridgehead atoms. The van der Waals surface area contributed by atoms with Crippen molar-refractivity contribution < 1.29 is 14.3 Å². The summed E-state index contributed by atoms with van der Waals surface area (Å²) in [5.41, 5.74) is 0. The van der Waals surface area contributed by atoms with E-state index in [1.54, 1.807) is 0 Å².